The quantitative estimate of drug-likeness (QED) is 0.828. The molecule has 0 aliphatic carbocycles. The molecule has 1 aromatic rings. The molecule has 0 spiro atoms. The average Bonchev–Trinajstić information content (AvgIpc) is 2.29. The number of hydrogen-bond acceptors (Lipinski definition) is 3. The minimum Gasteiger partial charge on any atom is -0.351 e. The van der Waals surface area contributed by atoms with Crippen LogP contribution in [0.25, 0.3) is 0 Å². The third-order valence-corrected chi connectivity index (χ3v) is 3.20. The van der Waals surface area contributed by atoms with E-state index in [4.69, 9.17) is 0 Å². The molecule has 1 heterocycles. The Hall–Kier alpha value is -0.690. The zero-order chi connectivity index (χ0) is 12.0. The van der Waals surface area contributed by atoms with Gasteiger partial charge in [0.25, 0.3) is 5.91 Å². The van der Waals surface area contributed by atoms with E-state index in [1.165, 1.54) is 0 Å². The van der Waals surface area contributed by atoms with Crippen molar-refractivity contribution in [3.8, 4) is 0 Å². The first-order chi connectivity index (χ1) is 7.65. The second-order valence-electron chi connectivity index (χ2n) is 3.51. The van der Waals surface area contributed by atoms with Crippen molar-refractivity contribution in [3.63, 3.8) is 0 Å². The fourth-order valence-corrected chi connectivity index (χ4v) is 1.76. The minimum absolute atomic E-state index is 0.0312. The maximum Gasteiger partial charge on any atom is 0.252 e. The van der Waals surface area contributed by atoms with Gasteiger partial charge in [0.1, 0.15) is 0 Å². The van der Waals surface area contributed by atoms with Crippen LogP contribution in [0.5, 0.6) is 0 Å². The van der Waals surface area contributed by atoms with Gasteiger partial charge < -0.3 is 10.2 Å². The standard InChI is InChI=1S/C11H16IN3O/c1-3-15(2)7-6-14-11(16)9-4-5-13-8-10(9)12/h4-5,8H,3,6-7H2,1-2H3,(H,14,16). The van der Waals surface area contributed by atoms with Gasteiger partial charge in [-0.15, -0.1) is 0 Å². The van der Waals surface area contributed by atoms with Crippen molar-refractivity contribution < 1.29 is 4.79 Å². The van der Waals surface area contributed by atoms with E-state index in [2.05, 4.69) is 44.7 Å². The van der Waals surface area contributed by atoms with E-state index in [1.807, 2.05) is 7.05 Å². The zero-order valence-corrected chi connectivity index (χ0v) is 11.7. The molecule has 1 amide bonds. The highest BCUT2D eigenvalue weighted by molar-refractivity contribution is 14.1. The van der Waals surface area contributed by atoms with Crippen molar-refractivity contribution in [2.24, 2.45) is 0 Å². The van der Waals surface area contributed by atoms with Crippen LogP contribution >= 0.6 is 22.6 Å². The molecule has 88 valence electrons. The summed E-state index contributed by atoms with van der Waals surface area (Å²) in [5, 5.41) is 2.89. The number of halogens is 1. The van der Waals surface area contributed by atoms with Gasteiger partial charge in [0.15, 0.2) is 0 Å². The minimum atomic E-state index is -0.0312. The van der Waals surface area contributed by atoms with Crippen molar-refractivity contribution >= 4 is 28.5 Å². The van der Waals surface area contributed by atoms with Gasteiger partial charge in [-0.3, -0.25) is 9.78 Å². The summed E-state index contributed by atoms with van der Waals surface area (Å²) in [6, 6.07) is 1.74. The fraction of sp³-hybridized carbons (Fsp3) is 0.455. The predicted octanol–water partition coefficient (Wildman–Crippen LogP) is 1.37. The number of aromatic nitrogens is 1. The SMILES string of the molecule is CCN(C)CCNC(=O)c1ccncc1I. The van der Waals surface area contributed by atoms with E-state index in [1.54, 1.807) is 18.5 Å². The Kier molecular flexibility index (Phi) is 5.68. The zero-order valence-electron chi connectivity index (χ0n) is 9.53. The lowest BCUT2D eigenvalue weighted by molar-refractivity contribution is 0.0949. The molecule has 1 N–H and O–H groups in total. The lowest BCUT2D eigenvalue weighted by Crippen LogP contribution is -2.33. The molecule has 5 heteroatoms. The van der Waals surface area contributed by atoms with Crippen LogP contribution < -0.4 is 5.32 Å². The van der Waals surface area contributed by atoms with Gasteiger partial charge in [-0.1, -0.05) is 6.92 Å². The summed E-state index contributed by atoms with van der Waals surface area (Å²) >= 11 is 2.11. The average molecular weight is 333 g/mol. The van der Waals surface area contributed by atoms with Gasteiger partial charge in [0.2, 0.25) is 0 Å². The van der Waals surface area contributed by atoms with E-state index < -0.39 is 0 Å². The molecule has 0 saturated carbocycles. The maximum atomic E-state index is 11.8. The molecular weight excluding hydrogens is 317 g/mol. The lowest BCUT2D eigenvalue weighted by Gasteiger charge is -2.14. The van der Waals surface area contributed by atoms with Gasteiger partial charge >= 0.3 is 0 Å². The number of rotatable bonds is 5. The highest BCUT2D eigenvalue weighted by atomic mass is 127. The molecule has 1 aromatic heterocycles. The molecule has 0 aliphatic heterocycles. The molecule has 0 aliphatic rings. The summed E-state index contributed by atoms with van der Waals surface area (Å²) < 4.78 is 0.876. The second-order valence-corrected chi connectivity index (χ2v) is 4.67. The number of pyridine rings is 1. The van der Waals surface area contributed by atoms with Crippen LogP contribution in [0.2, 0.25) is 0 Å². The summed E-state index contributed by atoms with van der Waals surface area (Å²) in [5.74, 6) is -0.0312. The van der Waals surface area contributed by atoms with Crippen LogP contribution in [0.4, 0.5) is 0 Å². The van der Waals surface area contributed by atoms with Gasteiger partial charge in [0.05, 0.1) is 5.56 Å². The van der Waals surface area contributed by atoms with Crippen LogP contribution in [0.3, 0.4) is 0 Å². The van der Waals surface area contributed by atoms with Crippen molar-refractivity contribution in [2.45, 2.75) is 6.92 Å². The molecule has 0 unspecified atom stereocenters. The number of carbonyl (C=O) groups is 1. The lowest BCUT2D eigenvalue weighted by atomic mass is 10.2. The molecule has 0 atom stereocenters. The van der Waals surface area contributed by atoms with Gasteiger partial charge in [-0.25, -0.2) is 0 Å². The van der Waals surface area contributed by atoms with Crippen molar-refractivity contribution in [2.75, 3.05) is 26.7 Å². The number of nitrogens with zero attached hydrogens (tertiary/aromatic N) is 2. The Morgan fingerprint density at radius 2 is 2.38 bits per heavy atom. The summed E-state index contributed by atoms with van der Waals surface area (Å²) in [6.07, 6.45) is 3.32. The summed E-state index contributed by atoms with van der Waals surface area (Å²) in [7, 11) is 2.03. The van der Waals surface area contributed by atoms with E-state index >= 15 is 0 Å². The summed E-state index contributed by atoms with van der Waals surface area (Å²) in [5.41, 5.74) is 0.690. The topological polar surface area (TPSA) is 45.2 Å². The Labute approximate surface area is 110 Å². The van der Waals surface area contributed by atoms with E-state index in [0.29, 0.717) is 12.1 Å². The van der Waals surface area contributed by atoms with Crippen LogP contribution in [-0.4, -0.2) is 42.5 Å². The molecule has 0 saturated heterocycles. The van der Waals surface area contributed by atoms with E-state index in [0.717, 1.165) is 16.7 Å². The molecule has 0 fully saturated rings. The first-order valence-corrected chi connectivity index (χ1v) is 6.29. The number of hydrogen-bond donors (Lipinski definition) is 1. The number of nitrogens with one attached hydrogen (secondary N) is 1. The fourth-order valence-electron chi connectivity index (χ4n) is 1.17. The number of likely N-dealkylation sites (N-methyl/N-ethyl adjacent to an activating group) is 1. The van der Waals surface area contributed by atoms with Crippen molar-refractivity contribution in [1.29, 1.82) is 0 Å². The van der Waals surface area contributed by atoms with Gasteiger partial charge in [-0.05, 0) is 42.2 Å². The highest BCUT2D eigenvalue weighted by Crippen LogP contribution is 2.09. The van der Waals surface area contributed by atoms with Crippen LogP contribution in [0, 0.1) is 3.57 Å². The molecule has 0 radical (unpaired) electrons. The Bertz CT molecular complexity index is 357. The molecule has 4 nitrogen and oxygen atoms in total. The number of amides is 1. The second kappa shape index (κ2) is 6.80. The van der Waals surface area contributed by atoms with Crippen LogP contribution in [0.1, 0.15) is 17.3 Å². The monoisotopic (exact) mass is 333 g/mol. The largest absolute Gasteiger partial charge is 0.351 e. The Morgan fingerprint density at radius 3 is 3.00 bits per heavy atom. The van der Waals surface area contributed by atoms with E-state index in [9.17, 15) is 4.79 Å². The third-order valence-electron chi connectivity index (χ3n) is 2.34. The molecule has 0 aromatic carbocycles. The van der Waals surface area contributed by atoms with Gasteiger partial charge in [0, 0.05) is 29.1 Å². The smallest absolute Gasteiger partial charge is 0.252 e. The van der Waals surface area contributed by atoms with Gasteiger partial charge in [-0.2, -0.15) is 0 Å². The molecule has 16 heavy (non-hydrogen) atoms. The first-order valence-electron chi connectivity index (χ1n) is 5.21. The van der Waals surface area contributed by atoms with Crippen LogP contribution in [0.15, 0.2) is 18.5 Å². The molecular formula is C11H16IN3O. The Balaban J connectivity index is 2.44. The Morgan fingerprint density at radius 1 is 1.62 bits per heavy atom. The highest BCUT2D eigenvalue weighted by Gasteiger charge is 2.08. The summed E-state index contributed by atoms with van der Waals surface area (Å²) in [6.45, 7) is 4.61. The predicted molar refractivity (Wildman–Crippen MR) is 72.5 cm³/mol. The third kappa shape index (κ3) is 4.05. The van der Waals surface area contributed by atoms with Crippen LogP contribution in [-0.2, 0) is 0 Å². The first kappa shape index (κ1) is 13.4. The summed E-state index contributed by atoms with van der Waals surface area (Å²) in [4.78, 5) is 17.9. The maximum absolute atomic E-state index is 11.8. The normalized spacial score (nSPS) is 10.5. The van der Waals surface area contributed by atoms with Crippen molar-refractivity contribution in [1.82, 2.24) is 15.2 Å². The van der Waals surface area contributed by atoms with Crippen molar-refractivity contribution in [3.05, 3.63) is 27.6 Å². The number of carbonyl (C=O) groups excluding carboxylic acids is 1. The molecule has 1 rings (SSSR count). The molecule has 0 bridgehead atoms. The van der Waals surface area contributed by atoms with E-state index in [-0.39, 0.29) is 5.91 Å².